The third-order valence-electron chi connectivity index (χ3n) is 2.29. The van der Waals surface area contributed by atoms with E-state index in [1.807, 2.05) is 6.92 Å². The van der Waals surface area contributed by atoms with E-state index in [9.17, 15) is 4.79 Å². The van der Waals surface area contributed by atoms with E-state index in [4.69, 9.17) is 10.5 Å². The van der Waals surface area contributed by atoms with Crippen LogP contribution in [0.4, 0.5) is 0 Å². The Balaban J connectivity index is 0. The highest BCUT2D eigenvalue weighted by molar-refractivity contribution is 5.85. The van der Waals surface area contributed by atoms with Gasteiger partial charge in [-0.1, -0.05) is 26.7 Å². The second-order valence-corrected chi connectivity index (χ2v) is 3.33. The Morgan fingerprint density at radius 1 is 1.36 bits per heavy atom. The van der Waals surface area contributed by atoms with E-state index in [1.54, 1.807) is 6.92 Å². The van der Waals surface area contributed by atoms with Gasteiger partial charge in [0.15, 0.2) is 0 Å². The van der Waals surface area contributed by atoms with Crippen LogP contribution in [-0.4, -0.2) is 18.1 Å². The minimum atomic E-state index is -0.758. The zero-order valence-corrected chi connectivity index (χ0v) is 10.2. The molecule has 0 aliphatic carbocycles. The highest BCUT2D eigenvalue weighted by atomic mass is 35.5. The number of halogens is 1. The number of carbonyl (C=O) groups excluding carboxylic acids is 1. The average Bonchev–Trinajstić information content (AvgIpc) is 2.14. The van der Waals surface area contributed by atoms with E-state index < -0.39 is 5.54 Å². The van der Waals surface area contributed by atoms with E-state index >= 15 is 0 Å². The molecule has 0 rings (SSSR count). The minimum absolute atomic E-state index is 0. The number of nitrogens with two attached hydrogens (primary N) is 1. The van der Waals surface area contributed by atoms with Crippen LogP contribution in [0.5, 0.6) is 0 Å². The van der Waals surface area contributed by atoms with Gasteiger partial charge in [0, 0.05) is 0 Å². The van der Waals surface area contributed by atoms with Gasteiger partial charge in [0.25, 0.3) is 0 Å². The summed E-state index contributed by atoms with van der Waals surface area (Å²) in [6.07, 6.45) is 3.40. The van der Waals surface area contributed by atoms with Crippen LogP contribution in [0.15, 0.2) is 0 Å². The standard InChI is InChI=1S/C10H21NO2.ClH/c1-4-7-8-10(11,5-2)9(12)13-6-3;/h4-8,11H2,1-3H3;1H. The summed E-state index contributed by atoms with van der Waals surface area (Å²) in [5, 5.41) is 0. The molecule has 2 N–H and O–H groups in total. The first-order valence-corrected chi connectivity index (χ1v) is 5.06. The van der Waals surface area contributed by atoms with E-state index in [1.165, 1.54) is 0 Å². The fourth-order valence-electron chi connectivity index (χ4n) is 1.19. The Labute approximate surface area is 92.8 Å². The summed E-state index contributed by atoms with van der Waals surface area (Å²) in [6.45, 7) is 6.21. The monoisotopic (exact) mass is 223 g/mol. The van der Waals surface area contributed by atoms with E-state index in [-0.39, 0.29) is 18.4 Å². The largest absolute Gasteiger partial charge is 0.465 e. The fourth-order valence-corrected chi connectivity index (χ4v) is 1.19. The lowest BCUT2D eigenvalue weighted by atomic mass is 9.91. The molecule has 0 aromatic heterocycles. The molecular formula is C10H22ClNO2. The maximum Gasteiger partial charge on any atom is 0.326 e. The number of carbonyl (C=O) groups is 1. The molecule has 14 heavy (non-hydrogen) atoms. The molecule has 0 aliphatic rings. The lowest BCUT2D eigenvalue weighted by Crippen LogP contribution is -2.48. The molecule has 0 saturated heterocycles. The molecule has 0 aliphatic heterocycles. The zero-order chi connectivity index (χ0) is 10.3. The Bertz CT molecular complexity index is 164. The summed E-state index contributed by atoms with van der Waals surface area (Å²) in [4.78, 5) is 11.5. The predicted molar refractivity (Wildman–Crippen MR) is 60.6 cm³/mol. The molecule has 0 spiro atoms. The van der Waals surface area contributed by atoms with Crippen LogP contribution in [-0.2, 0) is 9.53 Å². The number of unbranched alkanes of at least 4 members (excludes halogenated alkanes) is 1. The first kappa shape index (κ1) is 16.2. The number of hydrogen-bond donors (Lipinski definition) is 1. The molecule has 4 heteroatoms. The molecule has 0 bridgehead atoms. The molecule has 86 valence electrons. The van der Waals surface area contributed by atoms with E-state index in [0.717, 1.165) is 19.3 Å². The van der Waals surface area contributed by atoms with Crippen molar-refractivity contribution in [3.05, 3.63) is 0 Å². The smallest absolute Gasteiger partial charge is 0.326 e. The van der Waals surface area contributed by atoms with Gasteiger partial charge in [-0.15, -0.1) is 12.4 Å². The molecule has 0 heterocycles. The Morgan fingerprint density at radius 2 is 1.93 bits per heavy atom. The molecular weight excluding hydrogens is 202 g/mol. The van der Waals surface area contributed by atoms with Crippen molar-refractivity contribution in [3.8, 4) is 0 Å². The van der Waals surface area contributed by atoms with Crippen molar-refractivity contribution in [2.24, 2.45) is 5.73 Å². The van der Waals surface area contributed by atoms with Crippen LogP contribution in [0.1, 0.15) is 46.5 Å². The molecule has 0 saturated carbocycles. The van der Waals surface area contributed by atoms with E-state index in [2.05, 4.69) is 6.92 Å². The summed E-state index contributed by atoms with van der Waals surface area (Å²) in [5.41, 5.74) is 5.18. The molecule has 0 amide bonds. The number of ether oxygens (including phenoxy) is 1. The van der Waals surface area contributed by atoms with Gasteiger partial charge in [-0.2, -0.15) is 0 Å². The maximum absolute atomic E-state index is 11.5. The molecule has 0 fully saturated rings. The van der Waals surface area contributed by atoms with Gasteiger partial charge in [-0.05, 0) is 19.8 Å². The van der Waals surface area contributed by atoms with Gasteiger partial charge in [-0.25, -0.2) is 0 Å². The van der Waals surface area contributed by atoms with Gasteiger partial charge in [0.05, 0.1) is 6.61 Å². The second-order valence-electron chi connectivity index (χ2n) is 3.33. The SMILES string of the molecule is CCCCC(N)(CC)C(=O)OCC.Cl. The van der Waals surface area contributed by atoms with Gasteiger partial charge < -0.3 is 10.5 Å². The van der Waals surface area contributed by atoms with Crippen LogP contribution in [0.3, 0.4) is 0 Å². The molecule has 1 unspecified atom stereocenters. The quantitative estimate of drug-likeness (QED) is 0.703. The fraction of sp³-hybridized carbons (Fsp3) is 0.900. The molecule has 0 aromatic rings. The highest BCUT2D eigenvalue weighted by Crippen LogP contribution is 2.17. The number of hydrogen-bond acceptors (Lipinski definition) is 3. The third kappa shape index (κ3) is 4.82. The summed E-state index contributed by atoms with van der Waals surface area (Å²) in [6, 6.07) is 0. The zero-order valence-electron chi connectivity index (χ0n) is 9.34. The molecule has 0 radical (unpaired) electrons. The molecule has 3 nitrogen and oxygen atoms in total. The summed E-state index contributed by atoms with van der Waals surface area (Å²) in [5.74, 6) is -0.258. The van der Waals surface area contributed by atoms with Gasteiger partial charge >= 0.3 is 5.97 Å². The topological polar surface area (TPSA) is 52.3 Å². The average molecular weight is 224 g/mol. The van der Waals surface area contributed by atoms with E-state index in [0.29, 0.717) is 13.0 Å². The number of rotatable bonds is 6. The Kier molecular flexibility index (Phi) is 9.31. The van der Waals surface area contributed by atoms with Crippen molar-refractivity contribution in [1.82, 2.24) is 0 Å². The van der Waals surface area contributed by atoms with Crippen molar-refractivity contribution in [3.63, 3.8) is 0 Å². The maximum atomic E-state index is 11.5. The predicted octanol–water partition coefficient (Wildman–Crippen LogP) is 2.27. The van der Waals surface area contributed by atoms with Gasteiger partial charge in [0.1, 0.15) is 5.54 Å². The van der Waals surface area contributed by atoms with Crippen molar-refractivity contribution >= 4 is 18.4 Å². The lowest BCUT2D eigenvalue weighted by Gasteiger charge is -2.25. The Morgan fingerprint density at radius 3 is 2.29 bits per heavy atom. The van der Waals surface area contributed by atoms with Crippen LogP contribution in [0.2, 0.25) is 0 Å². The first-order chi connectivity index (χ1) is 6.10. The van der Waals surface area contributed by atoms with Crippen molar-refractivity contribution in [2.45, 2.75) is 52.0 Å². The van der Waals surface area contributed by atoms with Gasteiger partial charge in [0.2, 0.25) is 0 Å². The summed E-state index contributed by atoms with van der Waals surface area (Å²) < 4.78 is 4.93. The molecule has 0 aromatic carbocycles. The second kappa shape index (κ2) is 8.06. The molecule has 1 atom stereocenters. The van der Waals surface area contributed by atoms with Crippen molar-refractivity contribution < 1.29 is 9.53 Å². The summed E-state index contributed by atoms with van der Waals surface area (Å²) >= 11 is 0. The van der Waals surface area contributed by atoms with Crippen molar-refractivity contribution in [2.75, 3.05) is 6.61 Å². The van der Waals surface area contributed by atoms with Gasteiger partial charge in [-0.3, -0.25) is 4.79 Å². The van der Waals surface area contributed by atoms with Crippen LogP contribution < -0.4 is 5.73 Å². The number of esters is 1. The Hall–Kier alpha value is -0.280. The first-order valence-electron chi connectivity index (χ1n) is 5.06. The van der Waals surface area contributed by atoms with Crippen LogP contribution >= 0.6 is 12.4 Å². The summed E-state index contributed by atoms with van der Waals surface area (Å²) in [7, 11) is 0. The minimum Gasteiger partial charge on any atom is -0.465 e. The van der Waals surface area contributed by atoms with Crippen LogP contribution in [0.25, 0.3) is 0 Å². The van der Waals surface area contributed by atoms with Crippen molar-refractivity contribution in [1.29, 1.82) is 0 Å². The lowest BCUT2D eigenvalue weighted by molar-refractivity contribution is -0.150. The third-order valence-corrected chi connectivity index (χ3v) is 2.29. The highest BCUT2D eigenvalue weighted by Gasteiger charge is 2.32. The normalized spacial score (nSPS) is 14.0. The van der Waals surface area contributed by atoms with Crippen LogP contribution in [0, 0.1) is 0 Å².